The number of carboxylic acid groups (broad SMARTS) is 1. The first-order chi connectivity index (χ1) is 11.8. The number of carbonyl (C=O) groups is 1. The van der Waals surface area contributed by atoms with E-state index in [9.17, 15) is 9.59 Å². The minimum Gasteiger partial charge on any atom is -0.478 e. The summed E-state index contributed by atoms with van der Waals surface area (Å²) in [6, 6.07) is 10.5. The molecule has 3 rings (SSSR count). The zero-order valence-corrected chi connectivity index (χ0v) is 14.3. The molecule has 0 atom stereocenters. The van der Waals surface area contributed by atoms with Gasteiger partial charge in [-0.25, -0.2) is 9.78 Å². The SMILES string of the molecule is Cc1nc2cc(C)c(CN(C)c3ccc(C(=O)O)cc3)cc2c(=O)[nH]1. The number of fused-ring (bicyclic) bond motifs is 1. The van der Waals surface area contributed by atoms with Crippen LogP contribution in [-0.4, -0.2) is 28.1 Å². The van der Waals surface area contributed by atoms with Crippen molar-refractivity contribution in [3.05, 3.63) is 69.3 Å². The molecule has 1 heterocycles. The summed E-state index contributed by atoms with van der Waals surface area (Å²) in [4.78, 5) is 32.2. The molecule has 128 valence electrons. The Morgan fingerprint density at radius 3 is 2.52 bits per heavy atom. The Balaban J connectivity index is 1.92. The Kier molecular flexibility index (Phi) is 4.27. The van der Waals surface area contributed by atoms with Gasteiger partial charge in [0.05, 0.1) is 16.5 Å². The predicted molar refractivity (Wildman–Crippen MR) is 97.3 cm³/mol. The van der Waals surface area contributed by atoms with Gasteiger partial charge in [0.2, 0.25) is 0 Å². The van der Waals surface area contributed by atoms with Crippen LogP contribution in [0.25, 0.3) is 10.9 Å². The second-order valence-corrected chi connectivity index (χ2v) is 6.16. The second kappa shape index (κ2) is 6.39. The van der Waals surface area contributed by atoms with Crippen LogP contribution in [0.5, 0.6) is 0 Å². The van der Waals surface area contributed by atoms with Gasteiger partial charge in [-0.3, -0.25) is 4.79 Å². The Morgan fingerprint density at radius 2 is 1.88 bits per heavy atom. The van der Waals surface area contributed by atoms with Crippen LogP contribution >= 0.6 is 0 Å². The van der Waals surface area contributed by atoms with Crippen molar-refractivity contribution < 1.29 is 9.90 Å². The van der Waals surface area contributed by atoms with Gasteiger partial charge in [0, 0.05) is 19.3 Å². The zero-order chi connectivity index (χ0) is 18.1. The minimum absolute atomic E-state index is 0.141. The van der Waals surface area contributed by atoms with Crippen molar-refractivity contribution in [3.8, 4) is 0 Å². The van der Waals surface area contributed by atoms with Crippen molar-refractivity contribution in [3.63, 3.8) is 0 Å². The van der Waals surface area contributed by atoms with Crippen LogP contribution in [0, 0.1) is 13.8 Å². The quantitative estimate of drug-likeness (QED) is 0.764. The number of nitrogens with one attached hydrogen (secondary N) is 1. The molecule has 25 heavy (non-hydrogen) atoms. The van der Waals surface area contributed by atoms with Crippen molar-refractivity contribution >= 4 is 22.6 Å². The van der Waals surface area contributed by atoms with E-state index in [1.165, 1.54) is 0 Å². The number of aromatic carboxylic acids is 1. The highest BCUT2D eigenvalue weighted by Crippen LogP contribution is 2.21. The van der Waals surface area contributed by atoms with E-state index in [2.05, 4.69) is 9.97 Å². The van der Waals surface area contributed by atoms with Gasteiger partial charge in [-0.05, 0) is 61.4 Å². The average molecular weight is 337 g/mol. The number of H-pyrrole nitrogens is 1. The molecular weight excluding hydrogens is 318 g/mol. The maximum Gasteiger partial charge on any atom is 0.335 e. The van der Waals surface area contributed by atoms with Gasteiger partial charge in [0.25, 0.3) is 5.56 Å². The van der Waals surface area contributed by atoms with E-state index < -0.39 is 5.97 Å². The van der Waals surface area contributed by atoms with Gasteiger partial charge in [0.15, 0.2) is 0 Å². The van der Waals surface area contributed by atoms with Crippen LogP contribution in [0.15, 0.2) is 41.2 Å². The van der Waals surface area contributed by atoms with Crippen molar-refractivity contribution in [2.75, 3.05) is 11.9 Å². The van der Waals surface area contributed by atoms with Gasteiger partial charge >= 0.3 is 5.97 Å². The standard InChI is InChI=1S/C19H19N3O3/c1-11-8-17-16(18(23)21-12(2)20-17)9-14(11)10-22(3)15-6-4-13(5-7-15)19(24)25/h4-9H,10H2,1-3H3,(H,24,25)(H,20,21,23). The summed E-state index contributed by atoms with van der Waals surface area (Å²) < 4.78 is 0. The topological polar surface area (TPSA) is 86.3 Å². The molecule has 0 radical (unpaired) electrons. The van der Waals surface area contributed by atoms with Gasteiger partial charge < -0.3 is 15.0 Å². The summed E-state index contributed by atoms with van der Waals surface area (Å²) in [6.45, 7) is 4.36. The van der Waals surface area contributed by atoms with Gasteiger partial charge in [0.1, 0.15) is 5.82 Å². The first kappa shape index (κ1) is 16.7. The van der Waals surface area contributed by atoms with Crippen molar-refractivity contribution in [2.24, 2.45) is 0 Å². The molecule has 3 aromatic rings. The molecule has 0 fully saturated rings. The van der Waals surface area contributed by atoms with Crippen LogP contribution in [0.3, 0.4) is 0 Å². The van der Waals surface area contributed by atoms with E-state index in [0.29, 0.717) is 23.3 Å². The van der Waals surface area contributed by atoms with E-state index in [1.807, 2.05) is 31.0 Å². The minimum atomic E-state index is -0.943. The highest BCUT2D eigenvalue weighted by atomic mass is 16.4. The largest absolute Gasteiger partial charge is 0.478 e. The lowest BCUT2D eigenvalue weighted by molar-refractivity contribution is 0.0697. The number of carboxylic acids is 1. The molecule has 0 spiro atoms. The normalized spacial score (nSPS) is 10.8. The molecule has 0 aliphatic rings. The van der Waals surface area contributed by atoms with E-state index in [0.717, 1.165) is 16.8 Å². The van der Waals surface area contributed by atoms with Crippen LogP contribution in [0.1, 0.15) is 27.3 Å². The Labute approximate surface area is 144 Å². The maximum absolute atomic E-state index is 12.2. The van der Waals surface area contributed by atoms with Crippen LogP contribution in [0.2, 0.25) is 0 Å². The van der Waals surface area contributed by atoms with Crippen molar-refractivity contribution in [2.45, 2.75) is 20.4 Å². The average Bonchev–Trinajstić information content (AvgIpc) is 2.56. The number of benzene rings is 2. The molecule has 1 aromatic heterocycles. The number of anilines is 1. The molecule has 0 aliphatic heterocycles. The molecule has 0 saturated carbocycles. The smallest absolute Gasteiger partial charge is 0.335 e. The third-order valence-corrected chi connectivity index (χ3v) is 4.24. The molecule has 6 heteroatoms. The van der Waals surface area contributed by atoms with Crippen LogP contribution in [0.4, 0.5) is 5.69 Å². The monoisotopic (exact) mass is 337 g/mol. The molecule has 0 saturated heterocycles. The Bertz CT molecular complexity index is 1010. The fraction of sp³-hybridized carbons (Fsp3) is 0.211. The van der Waals surface area contributed by atoms with Crippen molar-refractivity contribution in [1.82, 2.24) is 9.97 Å². The molecule has 2 N–H and O–H groups in total. The highest BCUT2D eigenvalue weighted by Gasteiger charge is 2.10. The molecule has 0 unspecified atom stereocenters. The van der Waals surface area contributed by atoms with Gasteiger partial charge in [-0.2, -0.15) is 0 Å². The summed E-state index contributed by atoms with van der Waals surface area (Å²) in [5.41, 5.74) is 3.79. The number of hydrogen-bond donors (Lipinski definition) is 2. The first-order valence-corrected chi connectivity index (χ1v) is 7.90. The molecule has 6 nitrogen and oxygen atoms in total. The number of hydrogen-bond acceptors (Lipinski definition) is 4. The molecule has 0 bridgehead atoms. The first-order valence-electron chi connectivity index (χ1n) is 7.90. The van der Waals surface area contributed by atoms with Gasteiger partial charge in [-0.1, -0.05) is 0 Å². The predicted octanol–water partition coefficient (Wildman–Crippen LogP) is 2.87. The lowest BCUT2D eigenvalue weighted by Gasteiger charge is -2.21. The number of aromatic amines is 1. The number of aromatic nitrogens is 2. The Morgan fingerprint density at radius 1 is 1.20 bits per heavy atom. The summed E-state index contributed by atoms with van der Waals surface area (Å²) in [7, 11) is 1.93. The summed E-state index contributed by atoms with van der Waals surface area (Å²) in [6.07, 6.45) is 0. The van der Waals surface area contributed by atoms with Crippen molar-refractivity contribution in [1.29, 1.82) is 0 Å². The number of aryl methyl sites for hydroxylation is 2. The third kappa shape index (κ3) is 3.38. The number of rotatable bonds is 4. The molecule has 2 aromatic carbocycles. The van der Waals surface area contributed by atoms with E-state index in [-0.39, 0.29) is 11.1 Å². The summed E-state index contributed by atoms with van der Waals surface area (Å²) in [5.74, 6) is -0.345. The lowest BCUT2D eigenvalue weighted by Crippen LogP contribution is -2.18. The highest BCUT2D eigenvalue weighted by molar-refractivity contribution is 5.88. The van der Waals surface area contributed by atoms with E-state index in [4.69, 9.17) is 5.11 Å². The zero-order valence-electron chi connectivity index (χ0n) is 14.3. The second-order valence-electron chi connectivity index (χ2n) is 6.16. The lowest BCUT2D eigenvalue weighted by atomic mass is 10.0. The Hall–Kier alpha value is -3.15. The molecule has 0 aliphatic carbocycles. The fourth-order valence-electron chi connectivity index (χ4n) is 2.83. The molecular formula is C19H19N3O3. The number of nitrogens with zero attached hydrogens (tertiary/aromatic N) is 2. The summed E-state index contributed by atoms with van der Waals surface area (Å²) in [5, 5.41) is 9.55. The molecule has 0 amide bonds. The van der Waals surface area contributed by atoms with Crippen LogP contribution in [-0.2, 0) is 6.54 Å². The third-order valence-electron chi connectivity index (χ3n) is 4.24. The van der Waals surface area contributed by atoms with E-state index >= 15 is 0 Å². The van der Waals surface area contributed by atoms with Crippen LogP contribution < -0.4 is 10.5 Å². The van der Waals surface area contributed by atoms with Gasteiger partial charge in [-0.15, -0.1) is 0 Å². The maximum atomic E-state index is 12.2. The summed E-state index contributed by atoms with van der Waals surface area (Å²) >= 11 is 0. The fourth-order valence-corrected chi connectivity index (χ4v) is 2.83. The van der Waals surface area contributed by atoms with E-state index in [1.54, 1.807) is 31.2 Å².